The van der Waals surface area contributed by atoms with Crippen molar-refractivity contribution in [2.45, 2.75) is 19.3 Å². The first-order valence-corrected chi connectivity index (χ1v) is 8.50. The van der Waals surface area contributed by atoms with E-state index in [1.807, 2.05) is 0 Å². The number of nitrogens with zero attached hydrogens (tertiary/aromatic N) is 1. The minimum atomic E-state index is -1.22. The fourth-order valence-electron chi connectivity index (χ4n) is 2.03. The highest BCUT2D eigenvalue weighted by atomic mass is 35.9. The molecular formula is C11H13Cl2FNP. The Balaban J connectivity index is 2.32. The smallest absolute Gasteiger partial charge is 0.125 e. The summed E-state index contributed by atoms with van der Waals surface area (Å²) in [6.45, 7) is 0.714. The number of halogens is 3. The van der Waals surface area contributed by atoms with Gasteiger partial charge in [-0.1, -0.05) is 22.5 Å². The summed E-state index contributed by atoms with van der Waals surface area (Å²) in [6, 6.07) is 4.66. The second kappa shape index (κ2) is 5.53. The fourth-order valence-corrected chi connectivity index (χ4v) is 3.45. The minimum absolute atomic E-state index is 0.227. The van der Waals surface area contributed by atoms with Crippen LogP contribution in [0, 0.1) is 5.82 Å². The summed E-state index contributed by atoms with van der Waals surface area (Å²) in [5.41, 5.74) is 0.871. The largest absolute Gasteiger partial charge is 0.371 e. The summed E-state index contributed by atoms with van der Waals surface area (Å²) in [7, 11) is 0. The van der Waals surface area contributed by atoms with Crippen molar-refractivity contribution in [2.75, 3.05) is 18.0 Å². The zero-order valence-electron chi connectivity index (χ0n) is 8.80. The number of hydrogen-bond donors (Lipinski definition) is 0. The number of hydrogen-bond acceptors (Lipinski definition) is 1. The molecule has 1 fully saturated rings. The van der Waals surface area contributed by atoms with E-state index in [9.17, 15) is 4.39 Å². The van der Waals surface area contributed by atoms with Crippen LogP contribution in [0.15, 0.2) is 18.2 Å². The quantitative estimate of drug-likeness (QED) is 0.733. The van der Waals surface area contributed by atoms with Crippen LogP contribution in [-0.4, -0.2) is 13.1 Å². The minimum Gasteiger partial charge on any atom is -0.371 e. The number of anilines is 1. The first-order valence-electron chi connectivity index (χ1n) is 5.34. The second-order valence-corrected chi connectivity index (χ2v) is 7.41. The molecule has 88 valence electrons. The zero-order chi connectivity index (χ0) is 11.5. The molecule has 0 radical (unpaired) electrons. The standard InChI is InChI=1S/C11H13Cl2FNP/c12-16(13)11-5-4-9(14)8-10(11)15-6-2-1-3-7-15/h4-5,8H,1-3,6-7H2. The lowest BCUT2D eigenvalue weighted by Crippen LogP contribution is -2.32. The molecule has 0 amide bonds. The molecule has 0 spiro atoms. The Kier molecular flexibility index (Phi) is 4.29. The Morgan fingerprint density at radius 3 is 2.44 bits per heavy atom. The van der Waals surface area contributed by atoms with Gasteiger partial charge in [0.05, 0.1) is 0 Å². The molecule has 2 rings (SSSR count). The summed E-state index contributed by atoms with van der Waals surface area (Å²) in [6.07, 6.45) is 3.55. The number of piperidine rings is 1. The average molecular weight is 280 g/mol. The highest BCUT2D eigenvalue weighted by molar-refractivity contribution is 8.09. The molecule has 0 aliphatic carbocycles. The van der Waals surface area contributed by atoms with Crippen molar-refractivity contribution in [1.29, 1.82) is 0 Å². The van der Waals surface area contributed by atoms with Crippen molar-refractivity contribution < 1.29 is 4.39 Å². The Bertz CT molecular complexity index is 367. The van der Waals surface area contributed by atoms with Gasteiger partial charge in [0.2, 0.25) is 0 Å². The summed E-state index contributed by atoms with van der Waals surface area (Å²) in [4.78, 5) is 2.18. The number of benzene rings is 1. The molecule has 16 heavy (non-hydrogen) atoms. The maximum absolute atomic E-state index is 13.3. The van der Waals surface area contributed by atoms with Gasteiger partial charge in [0, 0.05) is 24.1 Å². The summed E-state index contributed by atoms with van der Waals surface area (Å²) >= 11 is 11.9. The van der Waals surface area contributed by atoms with E-state index in [1.165, 1.54) is 12.5 Å². The Labute approximate surface area is 106 Å². The number of rotatable bonds is 2. The maximum Gasteiger partial charge on any atom is 0.125 e. The van der Waals surface area contributed by atoms with Gasteiger partial charge in [0.15, 0.2) is 0 Å². The molecule has 1 aliphatic heterocycles. The Morgan fingerprint density at radius 1 is 1.12 bits per heavy atom. The lowest BCUT2D eigenvalue weighted by atomic mass is 10.1. The predicted octanol–water partition coefficient (Wildman–Crippen LogP) is 4.23. The molecule has 1 aromatic rings. The van der Waals surface area contributed by atoms with Gasteiger partial charge in [-0.3, -0.25) is 0 Å². The van der Waals surface area contributed by atoms with Crippen LogP contribution in [-0.2, 0) is 0 Å². The first kappa shape index (κ1) is 12.4. The van der Waals surface area contributed by atoms with Crippen molar-refractivity contribution in [3.05, 3.63) is 24.0 Å². The molecule has 0 unspecified atom stereocenters. The normalized spacial score (nSPS) is 16.9. The van der Waals surface area contributed by atoms with Crippen molar-refractivity contribution in [3.63, 3.8) is 0 Å². The third kappa shape index (κ3) is 2.80. The van der Waals surface area contributed by atoms with Crippen LogP contribution >= 0.6 is 29.1 Å². The van der Waals surface area contributed by atoms with E-state index in [-0.39, 0.29) is 5.82 Å². The van der Waals surface area contributed by atoms with Crippen molar-refractivity contribution in [1.82, 2.24) is 0 Å². The van der Waals surface area contributed by atoms with Crippen LogP contribution in [0.3, 0.4) is 0 Å². The van der Waals surface area contributed by atoms with Gasteiger partial charge in [0.1, 0.15) is 12.4 Å². The zero-order valence-corrected chi connectivity index (χ0v) is 11.2. The highest BCUT2D eigenvalue weighted by Crippen LogP contribution is 2.48. The van der Waals surface area contributed by atoms with E-state index in [0.29, 0.717) is 0 Å². The van der Waals surface area contributed by atoms with E-state index >= 15 is 0 Å². The molecule has 1 nitrogen and oxygen atoms in total. The van der Waals surface area contributed by atoms with Crippen molar-refractivity contribution >= 4 is 40.1 Å². The second-order valence-electron chi connectivity index (χ2n) is 3.91. The first-order chi connectivity index (χ1) is 7.68. The molecular weight excluding hydrogens is 267 g/mol. The summed E-state index contributed by atoms with van der Waals surface area (Å²) < 4.78 is 13.3. The molecule has 0 N–H and O–H groups in total. The molecule has 0 aromatic heterocycles. The SMILES string of the molecule is Fc1ccc(P(Cl)Cl)c(N2CCCCC2)c1. The Morgan fingerprint density at radius 2 is 1.81 bits per heavy atom. The van der Waals surface area contributed by atoms with E-state index in [0.717, 1.165) is 36.9 Å². The fraction of sp³-hybridized carbons (Fsp3) is 0.455. The van der Waals surface area contributed by atoms with E-state index in [1.54, 1.807) is 12.1 Å². The van der Waals surface area contributed by atoms with Crippen LogP contribution in [0.5, 0.6) is 0 Å². The van der Waals surface area contributed by atoms with Gasteiger partial charge in [-0.05, 0) is 37.5 Å². The van der Waals surface area contributed by atoms with Crippen LogP contribution in [0.25, 0.3) is 0 Å². The molecule has 0 saturated carbocycles. The van der Waals surface area contributed by atoms with Crippen LogP contribution in [0.4, 0.5) is 10.1 Å². The summed E-state index contributed by atoms with van der Waals surface area (Å²) in [5.74, 6) is -0.227. The topological polar surface area (TPSA) is 3.24 Å². The molecule has 1 aromatic carbocycles. The third-order valence-electron chi connectivity index (χ3n) is 2.82. The molecule has 0 atom stereocenters. The van der Waals surface area contributed by atoms with Crippen molar-refractivity contribution in [2.24, 2.45) is 0 Å². The van der Waals surface area contributed by atoms with Gasteiger partial charge in [-0.25, -0.2) is 4.39 Å². The predicted molar refractivity (Wildman–Crippen MR) is 70.7 cm³/mol. The lowest BCUT2D eigenvalue weighted by molar-refractivity contribution is 0.575. The van der Waals surface area contributed by atoms with Crippen LogP contribution in [0.1, 0.15) is 19.3 Å². The molecule has 1 saturated heterocycles. The lowest BCUT2D eigenvalue weighted by Gasteiger charge is -2.30. The van der Waals surface area contributed by atoms with E-state index < -0.39 is 6.63 Å². The monoisotopic (exact) mass is 279 g/mol. The van der Waals surface area contributed by atoms with Gasteiger partial charge in [-0.2, -0.15) is 0 Å². The average Bonchev–Trinajstić information content (AvgIpc) is 2.29. The van der Waals surface area contributed by atoms with Crippen LogP contribution in [0.2, 0.25) is 0 Å². The highest BCUT2D eigenvalue weighted by Gasteiger charge is 2.18. The molecule has 1 aliphatic rings. The van der Waals surface area contributed by atoms with Crippen LogP contribution < -0.4 is 10.2 Å². The van der Waals surface area contributed by atoms with Gasteiger partial charge < -0.3 is 4.90 Å². The van der Waals surface area contributed by atoms with Gasteiger partial charge in [0.25, 0.3) is 0 Å². The molecule has 5 heteroatoms. The van der Waals surface area contributed by atoms with E-state index in [2.05, 4.69) is 4.90 Å². The molecule has 0 bridgehead atoms. The van der Waals surface area contributed by atoms with Gasteiger partial charge >= 0.3 is 0 Å². The van der Waals surface area contributed by atoms with E-state index in [4.69, 9.17) is 22.5 Å². The third-order valence-corrected chi connectivity index (χ3v) is 4.65. The Hall–Kier alpha value is -0.0400. The van der Waals surface area contributed by atoms with Crippen molar-refractivity contribution in [3.8, 4) is 0 Å². The molecule has 1 heterocycles. The summed E-state index contributed by atoms with van der Waals surface area (Å²) in [5, 5.41) is 0.863. The maximum atomic E-state index is 13.3. The van der Waals surface area contributed by atoms with Gasteiger partial charge in [-0.15, -0.1) is 0 Å².